The molecule has 0 unspecified atom stereocenters. The Balaban J connectivity index is 2.33. The van der Waals surface area contributed by atoms with Crippen LogP contribution in [-0.4, -0.2) is 24.3 Å². The molecule has 4 heteroatoms. The van der Waals surface area contributed by atoms with Crippen molar-refractivity contribution in [3.63, 3.8) is 0 Å². The average Bonchev–Trinajstić information content (AvgIpc) is 2.73. The van der Waals surface area contributed by atoms with E-state index in [1.165, 1.54) is 0 Å². The van der Waals surface area contributed by atoms with E-state index >= 15 is 0 Å². The second-order valence-corrected chi connectivity index (χ2v) is 3.64. The Hall–Kier alpha value is -1.97. The Morgan fingerprint density at radius 1 is 1.35 bits per heavy atom. The standard InChI is InChI=1S/C13H15NO3/c1-3-17-13(15)9-14-8-7-10-11(14)5-4-6-12(10)16-2/h4-8H,3,9H2,1-2H3. The summed E-state index contributed by atoms with van der Waals surface area (Å²) >= 11 is 0. The lowest BCUT2D eigenvalue weighted by Crippen LogP contribution is -2.12. The fourth-order valence-corrected chi connectivity index (χ4v) is 1.86. The fraction of sp³-hybridized carbons (Fsp3) is 0.308. The molecule has 4 nitrogen and oxygen atoms in total. The summed E-state index contributed by atoms with van der Waals surface area (Å²) in [5, 5.41) is 0.999. The largest absolute Gasteiger partial charge is 0.496 e. The predicted molar refractivity (Wildman–Crippen MR) is 65.1 cm³/mol. The fourth-order valence-electron chi connectivity index (χ4n) is 1.86. The van der Waals surface area contributed by atoms with Crippen LogP contribution in [0.1, 0.15) is 6.92 Å². The van der Waals surface area contributed by atoms with E-state index in [-0.39, 0.29) is 12.5 Å². The van der Waals surface area contributed by atoms with Crippen LogP contribution in [0.15, 0.2) is 30.5 Å². The van der Waals surface area contributed by atoms with Gasteiger partial charge >= 0.3 is 5.97 Å². The van der Waals surface area contributed by atoms with Gasteiger partial charge in [-0.3, -0.25) is 4.79 Å². The normalized spacial score (nSPS) is 10.5. The highest BCUT2D eigenvalue weighted by atomic mass is 16.5. The number of hydrogen-bond acceptors (Lipinski definition) is 3. The van der Waals surface area contributed by atoms with Crippen LogP contribution >= 0.6 is 0 Å². The smallest absolute Gasteiger partial charge is 0.325 e. The summed E-state index contributed by atoms with van der Waals surface area (Å²) in [6, 6.07) is 7.70. The van der Waals surface area contributed by atoms with Gasteiger partial charge in [0.1, 0.15) is 12.3 Å². The maximum Gasteiger partial charge on any atom is 0.325 e. The van der Waals surface area contributed by atoms with Crippen molar-refractivity contribution in [1.29, 1.82) is 0 Å². The van der Waals surface area contributed by atoms with Crippen molar-refractivity contribution in [2.45, 2.75) is 13.5 Å². The van der Waals surface area contributed by atoms with Gasteiger partial charge in [0.15, 0.2) is 0 Å². The molecule has 1 aromatic heterocycles. The number of nitrogens with zero attached hydrogens (tertiary/aromatic N) is 1. The van der Waals surface area contributed by atoms with E-state index in [2.05, 4.69) is 0 Å². The molecule has 90 valence electrons. The average molecular weight is 233 g/mol. The molecule has 0 amide bonds. The van der Waals surface area contributed by atoms with Crippen molar-refractivity contribution in [2.75, 3.05) is 13.7 Å². The maximum absolute atomic E-state index is 11.4. The molecule has 0 spiro atoms. The zero-order valence-electron chi connectivity index (χ0n) is 9.97. The summed E-state index contributed by atoms with van der Waals surface area (Å²) in [5.41, 5.74) is 0.970. The van der Waals surface area contributed by atoms with Gasteiger partial charge in [0.2, 0.25) is 0 Å². The highest BCUT2D eigenvalue weighted by molar-refractivity contribution is 5.87. The first-order valence-corrected chi connectivity index (χ1v) is 5.53. The van der Waals surface area contributed by atoms with Crippen LogP contribution in [0, 0.1) is 0 Å². The second-order valence-electron chi connectivity index (χ2n) is 3.64. The molecule has 2 rings (SSSR count). The molecule has 2 aromatic rings. The van der Waals surface area contributed by atoms with E-state index in [0.717, 1.165) is 16.7 Å². The highest BCUT2D eigenvalue weighted by Crippen LogP contribution is 2.26. The van der Waals surface area contributed by atoms with Crippen molar-refractivity contribution < 1.29 is 14.3 Å². The Labute approximate surface area is 99.7 Å². The summed E-state index contributed by atoms with van der Waals surface area (Å²) in [7, 11) is 1.64. The van der Waals surface area contributed by atoms with E-state index in [4.69, 9.17) is 9.47 Å². The first-order valence-electron chi connectivity index (χ1n) is 5.53. The molecule has 0 saturated heterocycles. The quantitative estimate of drug-likeness (QED) is 0.760. The van der Waals surface area contributed by atoms with Gasteiger partial charge in [-0.05, 0) is 25.1 Å². The lowest BCUT2D eigenvalue weighted by Gasteiger charge is -2.06. The van der Waals surface area contributed by atoms with Gasteiger partial charge in [0, 0.05) is 11.6 Å². The second kappa shape index (κ2) is 4.91. The van der Waals surface area contributed by atoms with Crippen molar-refractivity contribution in [3.8, 4) is 5.75 Å². The first-order chi connectivity index (χ1) is 8.26. The monoisotopic (exact) mass is 233 g/mol. The van der Waals surface area contributed by atoms with Crippen LogP contribution in [0.25, 0.3) is 10.9 Å². The molecule has 0 aliphatic rings. The van der Waals surface area contributed by atoms with Gasteiger partial charge in [-0.25, -0.2) is 0 Å². The predicted octanol–water partition coefficient (Wildman–Crippen LogP) is 2.21. The maximum atomic E-state index is 11.4. The molecule has 1 heterocycles. The number of fused-ring (bicyclic) bond motifs is 1. The summed E-state index contributed by atoms with van der Waals surface area (Å²) in [6.07, 6.45) is 1.87. The summed E-state index contributed by atoms with van der Waals surface area (Å²) in [5.74, 6) is 0.581. The zero-order valence-corrected chi connectivity index (χ0v) is 9.97. The van der Waals surface area contributed by atoms with Crippen molar-refractivity contribution in [2.24, 2.45) is 0 Å². The molecule has 0 bridgehead atoms. The minimum Gasteiger partial charge on any atom is -0.496 e. The number of methoxy groups -OCH3 is 1. The van der Waals surface area contributed by atoms with Crippen LogP contribution in [0.2, 0.25) is 0 Å². The third-order valence-electron chi connectivity index (χ3n) is 2.60. The van der Waals surface area contributed by atoms with E-state index < -0.39 is 0 Å². The Morgan fingerprint density at radius 2 is 2.18 bits per heavy atom. The number of carbonyl (C=O) groups excluding carboxylic acids is 1. The van der Waals surface area contributed by atoms with Gasteiger partial charge < -0.3 is 14.0 Å². The molecule has 17 heavy (non-hydrogen) atoms. The van der Waals surface area contributed by atoms with Crippen molar-refractivity contribution in [1.82, 2.24) is 4.57 Å². The summed E-state index contributed by atoms with van der Waals surface area (Å²) < 4.78 is 12.1. The van der Waals surface area contributed by atoms with Crippen molar-refractivity contribution >= 4 is 16.9 Å². The van der Waals surface area contributed by atoms with Gasteiger partial charge in [-0.15, -0.1) is 0 Å². The van der Waals surface area contributed by atoms with E-state index in [9.17, 15) is 4.79 Å². The van der Waals surface area contributed by atoms with Gasteiger partial charge in [-0.2, -0.15) is 0 Å². The summed E-state index contributed by atoms with van der Waals surface area (Å²) in [6.45, 7) is 2.43. The van der Waals surface area contributed by atoms with E-state index in [1.54, 1.807) is 14.0 Å². The van der Waals surface area contributed by atoms with Gasteiger partial charge in [0.25, 0.3) is 0 Å². The summed E-state index contributed by atoms with van der Waals surface area (Å²) in [4.78, 5) is 11.4. The third-order valence-corrected chi connectivity index (χ3v) is 2.60. The Bertz CT molecular complexity index is 530. The zero-order chi connectivity index (χ0) is 12.3. The van der Waals surface area contributed by atoms with Crippen molar-refractivity contribution in [3.05, 3.63) is 30.5 Å². The van der Waals surface area contributed by atoms with Crippen LogP contribution in [0.3, 0.4) is 0 Å². The minimum atomic E-state index is -0.229. The number of benzene rings is 1. The molecule has 0 aliphatic carbocycles. The highest BCUT2D eigenvalue weighted by Gasteiger charge is 2.09. The molecular formula is C13H15NO3. The molecular weight excluding hydrogens is 218 g/mol. The Kier molecular flexibility index (Phi) is 3.32. The topological polar surface area (TPSA) is 40.5 Å². The van der Waals surface area contributed by atoms with Gasteiger partial charge in [0.05, 0.1) is 19.2 Å². The molecule has 0 radical (unpaired) electrons. The number of rotatable bonds is 4. The van der Waals surface area contributed by atoms with Crippen LogP contribution in [0.4, 0.5) is 0 Å². The molecule has 0 saturated carbocycles. The number of hydrogen-bond donors (Lipinski definition) is 0. The SMILES string of the molecule is CCOC(=O)Cn1ccc2c(OC)cccc21. The van der Waals surface area contributed by atoms with Gasteiger partial charge in [-0.1, -0.05) is 6.07 Å². The van der Waals surface area contributed by atoms with Crippen LogP contribution in [-0.2, 0) is 16.1 Å². The molecule has 0 N–H and O–H groups in total. The third kappa shape index (κ3) is 2.25. The first kappa shape index (κ1) is 11.5. The number of esters is 1. The van der Waals surface area contributed by atoms with Crippen LogP contribution < -0.4 is 4.74 Å². The minimum absolute atomic E-state index is 0.227. The molecule has 0 fully saturated rings. The number of aromatic nitrogens is 1. The molecule has 0 aliphatic heterocycles. The van der Waals surface area contributed by atoms with Crippen LogP contribution in [0.5, 0.6) is 5.75 Å². The molecule has 1 aromatic carbocycles. The van der Waals surface area contributed by atoms with E-state index in [1.807, 2.05) is 35.0 Å². The van der Waals surface area contributed by atoms with E-state index in [0.29, 0.717) is 6.61 Å². The number of carbonyl (C=O) groups is 1. The molecule has 0 atom stereocenters. The Morgan fingerprint density at radius 3 is 2.88 bits per heavy atom. The number of ether oxygens (including phenoxy) is 2. The lowest BCUT2D eigenvalue weighted by molar-refractivity contribution is -0.143. The lowest BCUT2D eigenvalue weighted by atomic mass is 10.2.